The maximum atomic E-state index is 5.21. The van der Waals surface area contributed by atoms with Gasteiger partial charge in [0.1, 0.15) is 0 Å². The van der Waals surface area contributed by atoms with Crippen LogP contribution in [0, 0.1) is 24.2 Å². The minimum atomic E-state index is 0.715. The van der Waals surface area contributed by atoms with Gasteiger partial charge in [0.15, 0.2) is 0 Å². The molecule has 0 aromatic rings. The third kappa shape index (κ3) is 3.83. The van der Waals surface area contributed by atoms with Crippen molar-refractivity contribution in [2.45, 2.75) is 45.6 Å². The fourth-order valence-corrected chi connectivity index (χ4v) is 2.46. The molecule has 2 unspecified atom stereocenters. The average Bonchev–Trinajstić information content (AvgIpc) is 2.03. The Bertz CT molecular complexity index is 170. The molecule has 1 N–H and O–H groups in total. The van der Waals surface area contributed by atoms with Crippen LogP contribution in [0.2, 0.25) is 0 Å². The third-order valence-corrected chi connectivity index (χ3v) is 2.88. The van der Waals surface area contributed by atoms with E-state index in [1.54, 1.807) is 0 Å². The molecule has 0 bridgehead atoms. The van der Waals surface area contributed by atoms with Crippen LogP contribution in [-0.4, -0.2) is 12.6 Å². The van der Waals surface area contributed by atoms with Crippen LogP contribution in [0.25, 0.3) is 0 Å². The molecule has 1 rings (SSSR count). The lowest BCUT2D eigenvalue weighted by atomic mass is 9.80. The molecule has 0 saturated heterocycles. The molecule has 0 aromatic heterocycles. The van der Waals surface area contributed by atoms with Crippen LogP contribution in [-0.2, 0) is 0 Å². The highest BCUT2D eigenvalue weighted by molar-refractivity contribution is 4.86. The van der Waals surface area contributed by atoms with Crippen molar-refractivity contribution in [3.05, 3.63) is 0 Å². The van der Waals surface area contributed by atoms with Crippen LogP contribution in [0.3, 0.4) is 0 Å². The molecular weight excluding hydrogens is 158 g/mol. The summed E-state index contributed by atoms with van der Waals surface area (Å²) in [5, 5.41) is 3.54. The summed E-state index contributed by atoms with van der Waals surface area (Å²) in [6.07, 6.45) is 10.1. The van der Waals surface area contributed by atoms with Gasteiger partial charge in [-0.15, -0.1) is 12.3 Å². The Kier molecular flexibility index (Phi) is 4.32. The molecule has 0 heterocycles. The average molecular weight is 179 g/mol. The normalized spacial score (nSPS) is 34.1. The highest BCUT2D eigenvalue weighted by Gasteiger charge is 2.22. The second kappa shape index (κ2) is 5.29. The van der Waals surface area contributed by atoms with Gasteiger partial charge >= 0.3 is 0 Å². The monoisotopic (exact) mass is 179 g/mol. The summed E-state index contributed by atoms with van der Waals surface area (Å²) in [5.41, 5.74) is 0. The molecule has 0 amide bonds. The maximum Gasteiger partial charge on any atom is 0.0211 e. The predicted molar refractivity (Wildman–Crippen MR) is 57.4 cm³/mol. The van der Waals surface area contributed by atoms with Crippen molar-refractivity contribution in [1.29, 1.82) is 0 Å². The first-order valence-electron chi connectivity index (χ1n) is 5.39. The number of rotatable bonds is 3. The van der Waals surface area contributed by atoms with Crippen LogP contribution in [0.15, 0.2) is 0 Å². The van der Waals surface area contributed by atoms with E-state index in [-0.39, 0.29) is 0 Å². The minimum absolute atomic E-state index is 0.715. The molecule has 0 radical (unpaired) electrons. The Morgan fingerprint density at radius 1 is 1.23 bits per heavy atom. The Balaban J connectivity index is 2.22. The van der Waals surface area contributed by atoms with E-state index in [2.05, 4.69) is 25.1 Å². The molecule has 1 saturated carbocycles. The van der Waals surface area contributed by atoms with Gasteiger partial charge in [0, 0.05) is 19.0 Å². The van der Waals surface area contributed by atoms with Crippen LogP contribution < -0.4 is 5.32 Å². The SMILES string of the molecule is C#CCCNC1CC(C)CC(C)C1. The van der Waals surface area contributed by atoms with E-state index in [1.807, 2.05) is 0 Å². The molecule has 1 heteroatoms. The van der Waals surface area contributed by atoms with Crippen molar-refractivity contribution < 1.29 is 0 Å². The lowest BCUT2D eigenvalue weighted by Crippen LogP contribution is -2.36. The van der Waals surface area contributed by atoms with Gasteiger partial charge in [0.2, 0.25) is 0 Å². The summed E-state index contributed by atoms with van der Waals surface area (Å²) in [4.78, 5) is 0. The Morgan fingerprint density at radius 3 is 2.38 bits per heavy atom. The van der Waals surface area contributed by atoms with Crippen molar-refractivity contribution in [1.82, 2.24) is 5.32 Å². The van der Waals surface area contributed by atoms with Crippen LogP contribution in [0.4, 0.5) is 0 Å². The zero-order valence-electron chi connectivity index (χ0n) is 8.84. The molecule has 1 aliphatic rings. The van der Waals surface area contributed by atoms with Crippen LogP contribution in [0.5, 0.6) is 0 Å². The largest absolute Gasteiger partial charge is 0.313 e. The first-order valence-corrected chi connectivity index (χ1v) is 5.39. The number of hydrogen-bond donors (Lipinski definition) is 1. The molecular formula is C12H21N. The summed E-state index contributed by atoms with van der Waals surface area (Å²) in [6, 6.07) is 0.715. The van der Waals surface area contributed by atoms with Gasteiger partial charge in [0.05, 0.1) is 0 Å². The highest BCUT2D eigenvalue weighted by Crippen LogP contribution is 2.28. The fourth-order valence-electron chi connectivity index (χ4n) is 2.46. The molecule has 0 spiro atoms. The van der Waals surface area contributed by atoms with Gasteiger partial charge in [-0.2, -0.15) is 0 Å². The summed E-state index contributed by atoms with van der Waals surface area (Å²) in [7, 11) is 0. The molecule has 74 valence electrons. The fraction of sp³-hybridized carbons (Fsp3) is 0.833. The molecule has 0 aliphatic heterocycles. The van der Waals surface area contributed by atoms with E-state index in [1.165, 1.54) is 19.3 Å². The van der Waals surface area contributed by atoms with E-state index in [9.17, 15) is 0 Å². The van der Waals surface area contributed by atoms with E-state index >= 15 is 0 Å². The zero-order chi connectivity index (χ0) is 9.68. The van der Waals surface area contributed by atoms with Gasteiger partial charge < -0.3 is 5.32 Å². The van der Waals surface area contributed by atoms with E-state index in [4.69, 9.17) is 6.42 Å². The smallest absolute Gasteiger partial charge is 0.0211 e. The molecule has 1 aliphatic carbocycles. The van der Waals surface area contributed by atoms with E-state index < -0.39 is 0 Å². The quantitative estimate of drug-likeness (QED) is 0.518. The summed E-state index contributed by atoms with van der Waals surface area (Å²) in [6.45, 7) is 5.69. The van der Waals surface area contributed by atoms with E-state index in [0.29, 0.717) is 6.04 Å². The Morgan fingerprint density at radius 2 is 1.85 bits per heavy atom. The van der Waals surface area contributed by atoms with E-state index in [0.717, 1.165) is 24.8 Å². The lowest BCUT2D eigenvalue weighted by molar-refractivity contribution is 0.240. The van der Waals surface area contributed by atoms with Gasteiger partial charge in [-0.3, -0.25) is 0 Å². The number of nitrogens with one attached hydrogen (secondary N) is 1. The van der Waals surface area contributed by atoms with Crippen molar-refractivity contribution in [2.24, 2.45) is 11.8 Å². The topological polar surface area (TPSA) is 12.0 Å². The van der Waals surface area contributed by atoms with Crippen molar-refractivity contribution in [3.8, 4) is 12.3 Å². The number of terminal acetylenes is 1. The highest BCUT2D eigenvalue weighted by atomic mass is 14.9. The summed E-state index contributed by atoms with van der Waals surface area (Å²) >= 11 is 0. The second-order valence-corrected chi connectivity index (χ2v) is 4.52. The lowest BCUT2D eigenvalue weighted by Gasteiger charge is -2.31. The van der Waals surface area contributed by atoms with Gasteiger partial charge in [-0.25, -0.2) is 0 Å². The molecule has 1 nitrogen and oxygen atoms in total. The minimum Gasteiger partial charge on any atom is -0.313 e. The molecule has 0 aromatic carbocycles. The molecule has 13 heavy (non-hydrogen) atoms. The molecule has 2 atom stereocenters. The summed E-state index contributed by atoms with van der Waals surface area (Å²) in [5.74, 6) is 4.43. The molecule has 1 fully saturated rings. The predicted octanol–water partition coefficient (Wildman–Crippen LogP) is 2.42. The van der Waals surface area contributed by atoms with Gasteiger partial charge in [0.25, 0.3) is 0 Å². The van der Waals surface area contributed by atoms with Crippen LogP contribution >= 0.6 is 0 Å². The third-order valence-electron chi connectivity index (χ3n) is 2.88. The van der Waals surface area contributed by atoms with Gasteiger partial charge in [-0.05, 0) is 31.1 Å². The van der Waals surface area contributed by atoms with Crippen molar-refractivity contribution in [2.75, 3.05) is 6.54 Å². The van der Waals surface area contributed by atoms with Gasteiger partial charge in [-0.1, -0.05) is 13.8 Å². The Labute approximate surface area is 82.3 Å². The van der Waals surface area contributed by atoms with Crippen molar-refractivity contribution >= 4 is 0 Å². The first kappa shape index (κ1) is 10.6. The zero-order valence-corrected chi connectivity index (χ0v) is 8.84. The maximum absolute atomic E-state index is 5.21. The first-order chi connectivity index (χ1) is 6.22. The van der Waals surface area contributed by atoms with Crippen molar-refractivity contribution in [3.63, 3.8) is 0 Å². The number of hydrogen-bond acceptors (Lipinski definition) is 1. The Hall–Kier alpha value is -0.480. The standard InChI is InChI=1S/C12H21N/c1-4-5-6-13-12-8-10(2)7-11(3)9-12/h1,10-13H,5-9H2,2-3H3. The second-order valence-electron chi connectivity index (χ2n) is 4.52. The van der Waals surface area contributed by atoms with Crippen LogP contribution in [0.1, 0.15) is 39.5 Å². The summed E-state index contributed by atoms with van der Waals surface area (Å²) < 4.78 is 0.